The third-order valence-corrected chi connectivity index (χ3v) is 7.51. The topological polar surface area (TPSA) is 94.4 Å². The first kappa shape index (κ1) is 21.4. The van der Waals surface area contributed by atoms with Gasteiger partial charge in [-0.1, -0.05) is 0 Å². The normalized spacial score (nSPS) is 30.2. The first-order chi connectivity index (χ1) is 15.2. The van der Waals surface area contributed by atoms with E-state index in [0.29, 0.717) is 35.4 Å². The number of piperidine rings is 1. The zero-order chi connectivity index (χ0) is 22.7. The van der Waals surface area contributed by atoms with Gasteiger partial charge in [0.15, 0.2) is 0 Å². The summed E-state index contributed by atoms with van der Waals surface area (Å²) in [6.07, 6.45) is -5.00. The molecule has 8 nitrogen and oxygen atoms in total. The number of rotatable bonds is 4. The summed E-state index contributed by atoms with van der Waals surface area (Å²) in [6, 6.07) is 5.15. The van der Waals surface area contributed by atoms with E-state index in [1.54, 1.807) is 11.0 Å². The molecule has 0 bridgehead atoms. The van der Waals surface area contributed by atoms with Crippen LogP contribution in [0.25, 0.3) is 11.0 Å². The molecule has 2 aromatic rings. The van der Waals surface area contributed by atoms with Crippen LogP contribution in [0.2, 0.25) is 0 Å². The van der Waals surface area contributed by atoms with Crippen molar-refractivity contribution in [2.75, 3.05) is 51.3 Å². The Bertz CT molecular complexity index is 1120. The zero-order valence-corrected chi connectivity index (χ0v) is 18.1. The Morgan fingerprint density at radius 1 is 1.38 bits per heavy atom. The van der Waals surface area contributed by atoms with E-state index in [1.165, 1.54) is 6.07 Å². The molecule has 3 aliphatic rings. The Morgan fingerprint density at radius 2 is 2.16 bits per heavy atom. The molecule has 3 atom stereocenters. The number of hydrogen-bond donors (Lipinski definition) is 1. The van der Waals surface area contributed by atoms with Crippen LogP contribution >= 0.6 is 11.7 Å². The largest absolute Gasteiger partial charge is 0.397 e. The van der Waals surface area contributed by atoms with Crippen LogP contribution < -0.4 is 10.2 Å². The van der Waals surface area contributed by atoms with E-state index in [1.807, 2.05) is 13.1 Å². The van der Waals surface area contributed by atoms with Crippen LogP contribution in [0.1, 0.15) is 12.0 Å². The highest BCUT2D eigenvalue weighted by Gasteiger charge is 2.86. The van der Waals surface area contributed by atoms with E-state index in [-0.39, 0.29) is 32.2 Å². The Kier molecular flexibility index (Phi) is 4.85. The molecule has 0 radical (unpaired) electrons. The molecule has 1 N–H and O–H groups in total. The minimum Gasteiger partial charge on any atom is -0.374 e. The molecule has 1 aromatic heterocycles. The maximum absolute atomic E-state index is 14.2. The number of nitriles is 1. The van der Waals surface area contributed by atoms with Gasteiger partial charge in [0.25, 0.3) is 0 Å². The second-order valence-electron chi connectivity index (χ2n) is 8.87. The zero-order valence-electron chi connectivity index (χ0n) is 17.3. The number of carbonyl (C=O) groups is 1. The number of morpholine rings is 1. The molecule has 32 heavy (non-hydrogen) atoms. The van der Waals surface area contributed by atoms with E-state index in [0.717, 1.165) is 18.3 Å². The number of amides is 1. The van der Waals surface area contributed by atoms with Crippen molar-refractivity contribution in [1.82, 2.24) is 19.0 Å². The molecule has 2 unspecified atom stereocenters. The molecular weight excluding hydrogens is 445 g/mol. The molecule has 1 saturated carbocycles. The molecule has 2 aliphatic heterocycles. The Hall–Kier alpha value is -2.49. The third kappa shape index (κ3) is 3.06. The molecule has 3 fully saturated rings. The van der Waals surface area contributed by atoms with Gasteiger partial charge in [0.1, 0.15) is 22.5 Å². The number of likely N-dealkylation sites (N-methyl/N-ethyl adjacent to an activating group) is 1. The lowest BCUT2D eigenvalue weighted by molar-refractivity contribution is -0.191. The van der Waals surface area contributed by atoms with Crippen molar-refractivity contribution in [3.8, 4) is 6.07 Å². The van der Waals surface area contributed by atoms with Gasteiger partial charge >= 0.3 is 6.18 Å². The van der Waals surface area contributed by atoms with E-state index >= 15 is 0 Å². The summed E-state index contributed by atoms with van der Waals surface area (Å²) >= 11 is 0.904. The van der Waals surface area contributed by atoms with Gasteiger partial charge in [-0.25, -0.2) is 0 Å². The van der Waals surface area contributed by atoms with Gasteiger partial charge in [-0.2, -0.15) is 27.2 Å². The van der Waals surface area contributed by atoms with Crippen molar-refractivity contribution in [3.63, 3.8) is 0 Å². The van der Waals surface area contributed by atoms with Gasteiger partial charge in [0, 0.05) is 32.7 Å². The summed E-state index contributed by atoms with van der Waals surface area (Å²) in [7, 11) is 1.94. The fraction of sp³-hybridized carbons (Fsp3) is 0.600. The Balaban J connectivity index is 1.40. The smallest absolute Gasteiger partial charge is 0.374 e. The number of anilines is 1. The predicted octanol–water partition coefficient (Wildman–Crippen LogP) is 1.77. The number of alkyl halides is 3. The maximum Gasteiger partial charge on any atom is 0.397 e. The molecule has 3 heterocycles. The van der Waals surface area contributed by atoms with Crippen molar-refractivity contribution in [3.05, 3.63) is 17.7 Å². The summed E-state index contributed by atoms with van der Waals surface area (Å²) in [4.78, 5) is 16.7. The predicted molar refractivity (Wildman–Crippen MR) is 110 cm³/mol. The molecule has 0 spiro atoms. The van der Waals surface area contributed by atoms with Crippen molar-refractivity contribution in [2.24, 2.45) is 10.8 Å². The lowest BCUT2D eigenvalue weighted by Gasteiger charge is -2.30. The Morgan fingerprint density at radius 3 is 2.88 bits per heavy atom. The van der Waals surface area contributed by atoms with Crippen LogP contribution in [0.15, 0.2) is 12.1 Å². The van der Waals surface area contributed by atoms with Crippen LogP contribution in [0.4, 0.5) is 18.9 Å². The molecule has 5 rings (SSSR count). The highest BCUT2D eigenvalue weighted by atomic mass is 32.1. The minimum atomic E-state index is -4.52. The van der Waals surface area contributed by atoms with E-state index in [4.69, 9.17) is 4.74 Å². The molecule has 1 amide bonds. The van der Waals surface area contributed by atoms with Gasteiger partial charge in [0.2, 0.25) is 5.91 Å². The highest BCUT2D eigenvalue weighted by Crippen LogP contribution is 2.75. The third-order valence-electron chi connectivity index (χ3n) is 6.98. The highest BCUT2D eigenvalue weighted by molar-refractivity contribution is 7.00. The number of fused-ring (bicyclic) bond motifs is 2. The maximum atomic E-state index is 14.2. The summed E-state index contributed by atoms with van der Waals surface area (Å²) < 4.78 is 56.5. The quantitative estimate of drug-likeness (QED) is 0.734. The van der Waals surface area contributed by atoms with E-state index in [2.05, 4.69) is 19.0 Å². The number of aromatic nitrogens is 2. The number of nitrogens with one attached hydrogen (secondary N) is 1. The summed E-state index contributed by atoms with van der Waals surface area (Å²) in [5, 5.41) is 12.0. The number of nitrogens with zero attached hydrogens (tertiary/aromatic N) is 5. The average Bonchev–Trinajstić information content (AvgIpc) is 3.06. The summed E-state index contributed by atoms with van der Waals surface area (Å²) in [5.41, 5.74) is -2.10. The van der Waals surface area contributed by atoms with Gasteiger partial charge in [0.05, 0.1) is 41.1 Å². The lowest BCUT2D eigenvalue weighted by Crippen LogP contribution is -2.48. The second-order valence-corrected chi connectivity index (χ2v) is 9.39. The molecular formula is C20H21F3N6O2S. The van der Waals surface area contributed by atoms with Crippen LogP contribution in [-0.2, 0) is 9.53 Å². The van der Waals surface area contributed by atoms with Gasteiger partial charge in [-0.3, -0.25) is 4.79 Å². The van der Waals surface area contributed by atoms with Gasteiger partial charge in [-0.05, 0) is 25.6 Å². The van der Waals surface area contributed by atoms with Gasteiger partial charge in [-0.15, -0.1) is 0 Å². The summed E-state index contributed by atoms with van der Waals surface area (Å²) in [6.45, 7) is 1.71. The number of carbonyl (C=O) groups excluding carboxylic acids is 1. The van der Waals surface area contributed by atoms with Crippen LogP contribution in [-0.4, -0.2) is 78.2 Å². The number of benzene rings is 1. The number of halogens is 3. The first-order valence-corrected chi connectivity index (χ1v) is 11.0. The average molecular weight is 466 g/mol. The molecule has 170 valence electrons. The van der Waals surface area contributed by atoms with Crippen molar-refractivity contribution >= 4 is 34.4 Å². The molecule has 12 heteroatoms. The minimum absolute atomic E-state index is 0.0672. The Labute approximate surface area is 186 Å². The van der Waals surface area contributed by atoms with Gasteiger partial charge < -0.3 is 19.9 Å². The van der Waals surface area contributed by atoms with Crippen molar-refractivity contribution in [1.29, 1.82) is 5.26 Å². The first-order valence-electron chi connectivity index (χ1n) is 10.3. The monoisotopic (exact) mass is 466 g/mol. The standard InChI is InChI=1S/C20H21F3N6O2S/c1-28-4-5-31-13(8-28)7-25-17(30)18-9-19(18,20(21,22)23)11-29(10-18)14-3-2-12(6-24)15-16(14)27-32-26-15/h2-3,13H,4-5,7-11H2,1H3,(H,25,30)/t13-,18?,19?/m0/s1. The molecule has 1 aliphatic carbocycles. The fourth-order valence-electron chi connectivity index (χ4n) is 5.16. The number of hydrogen-bond acceptors (Lipinski definition) is 8. The SMILES string of the molecule is CN1CCO[C@@H](CNC(=O)C23CN(c4ccc(C#N)c5nsnc45)CC2(C(F)(F)F)C3)C1. The number of ether oxygens (including phenoxy) is 1. The van der Waals surface area contributed by atoms with Crippen molar-refractivity contribution in [2.45, 2.75) is 18.7 Å². The van der Waals surface area contributed by atoms with Crippen molar-refractivity contribution < 1.29 is 22.7 Å². The second kappa shape index (κ2) is 7.26. The van der Waals surface area contributed by atoms with Crippen LogP contribution in [0, 0.1) is 22.2 Å². The van der Waals surface area contributed by atoms with E-state index < -0.39 is 22.9 Å². The molecule has 2 saturated heterocycles. The van der Waals surface area contributed by atoms with E-state index in [9.17, 15) is 23.2 Å². The fourth-order valence-corrected chi connectivity index (χ4v) is 5.73. The van der Waals surface area contributed by atoms with Crippen LogP contribution in [0.5, 0.6) is 0 Å². The summed E-state index contributed by atoms with van der Waals surface area (Å²) in [5.74, 6) is -0.588. The van der Waals surface area contributed by atoms with Crippen LogP contribution in [0.3, 0.4) is 0 Å². The lowest BCUT2D eigenvalue weighted by atomic mass is 9.94. The molecule has 1 aromatic carbocycles.